The molecule has 2 rings (SSSR count). The van der Waals surface area contributed by atoms with Crippen molar-refractivity contribution in [1.82, 2.24) is 25.8 Å². The fourth-order valence-corrected chi connectivity index (χ4v) is 4.88. The van der Waals surface area contributed by atoms with Crippen molar-refractivity contribution in [2.75, 3.05) is 25.4 Å². The number of carbonyl (C=O) groups is 6. The molecule has 0 bridgehead atoms. The average molecular weight is 573 g/mol. The zero-order chi connectivity index (χ0) is 29.4. The molecule has 2 aliphatic rings. The van der Waals surface area contributed by atoms with Crippen molar-refractivity contribution in [1.29, 1.82) is 0 Å². The zero-order valence-corrected chi connectivity index (χ0v) is 23.4. The number of carbonyl (C=O) groups excluding carboxylic acids is 5. The van der Waals surface area contributed by atoms with E-state index in [1.165, 1.54) is 16.7 Å². The second-order valence-corrected chi connectivity index (χ2v) is 10.6. The maximum Gasteiger partial charge on any atom is 0.326 e. The van der Waals surface area contributed by atoms with Gasteiger partial charge in [-0.15, -0.1) is 0 Å². The first-order chi connectivity index (χ1) is 18.3. The van der Waals surface area contributed by atoms with Crippen LogP contribution in [-0.4, -0.2) is 117 Å². The smallest absolute Gasteiger partial charge is 0.326 e. The summed E-state index contributed by atoms with van der Waals surface area (Å²) in [5, 5.41) is 26.5. The predicted molar refractivity (Wildman–Crippen MR) is 142 cm³/mol. The SMILES string of the molecule is CC(C)[C@H](N)C(=O)N[C@H](C(=O)NCC(=O)N[C@@H](CS)C(=O)N1CCC[C@H]1C(=O)N1CCC[C@H]1C(=O)O)[C@@H](C)O. The van der Waals surface area contributed by atoms with Crippen molar-refractivity contribution < 1.29 is 39.0 Å². The topological polar surface area (TPSA) is 211 Å². The number of thiol groups is 1. The van der Waals surface area contributed by atoms with Gasteiger partial charge < -0.3 is 41.7 Å². The van der Waals surface area contributed by atoms with E-state index in [1.807, 2.05) is 0 Å². The number of likely N-dealkylation sites (tertiary alicyclic amines) is 2. The largest absolute Gasteiger partial charge is 0.480 e. The molecule has 0 radical (unpaired) electrons. The maximum atomic E-state index is 13.2. The van der Waals surface area contributed by atoms with Gasteiger partial charge in [0.25, 0.3) is 0 Å². The van der Waals surface area contributed by atoms with Gasteiger partial charge in [-0.3, -0.25) is 24.0 Å². The summed E-state index contributed by atoms with van der Waals surface area (Å²) in [5.74, 6) is -4.51. The monoisotopic (exact) mass is 572 g/mol. The van der Waals surface area contributed by atoms with Crippen LogP contribution >= 0.6 is 12.6 Å². The third kappa shape index (κ3) is 8.29. The lowest BCUT2D eigenvalue weighted by Gasteiger charge is -2.32. The fourth-order valence-electron chi connectivity index (χ4n) is 4.63. The van der Waals surface area contributed by atoms with E-state index >= 15 is 0 Å². The Morgan fingerprint density at radius 2 is 1.54 bits per heavy atom. The Labute approximate surface area is 232 Å². The van der Waals surface area contributed by atoms with Gasteiger partial charge in [-0.25, -0.2) is 4.79 Å². The Kier molecular flexibility index (Phi) is 12.0. The van der Waals surface area contributed by atoms with Crippen LogP contribution in [0.25, 0.3) is 0 Å². The highest BCUT2D eigenvalue weighted by molar-refractivity contribution is 7.80. The average Bonchev–Trinajstić information content (AvgIpc) is 3.57. The van der Waals surface area contributed by atoms with Gasteiger partial charge >= 0.3 is 5.97 Å². The van der Waals surface area contributed by atoms with Crippen LogP contribution in [0.2, 0.25) is 0 Å². The number of hydrogen-bond acceptors (Lipinski definition) is 9. The molecule has 0 aliphatic carbocycles. The van der Waals surface area contributed by atoms with Crippen molar-refractivity contribution >= 4 is 48.1 Å². The fraction of sp³-hybridized carbons (Fsp3) is 0.750. The summed E-state index contributed by atoms with van der Waals surface area (Å²) in [6, 6.07) is -5.10. The van der Waals surface area contributed by atoms with Gasteiger partial charge in [-0.1, -0.05) is 13.8 Å². The summed E-state index contributed by atoms with van der Waals surface area (Å²) in [4.78, 5) is 77.8. The molecule has 15 heteroatoms. The third-order valence-corrected chi connectivity index (χ3v) is 7.33. The molecular formula is C24H40N6O8S. The Morgan fingerprint density at radius 3 is 2.08 bits per heavy atom. The zero-order valence-electron chi connectivity index (χ0n) is 22.5. The van der Waals surface area contributed by atoms with Crippen molar-refractivity contribution in [2.24, 2.45) is 11.7 Å². The summed E-state index contributed by atoms with van der Waals surface area (Å²) in [6.45, 7) is 4.77. The predicted octanol–water partition coefficient (Wildman–Crippen LogP) is -2.57. The van der Waals surface area contributed by atoms with Crippen LogP contribution in [0.4, 0.5) is 0 Å². The molecule has 2 saturated heterocycles. The van der Waals surface area contributed by atoms with Crippen LogP contribution in [0, 0.1) is 5.92 Å². The molecule has 0 unspecified atom stereocenters. The summed E-state index contributed by atoms with van der Waals surface area (Å²) >= 11 is 4.16. The minimum Gasteiger partial charge on any atom is -0.480 e. The number of aliphatic carboxylic acids is 1. The molecule has 2 fully saturated rings. The first-order valence-corrected chi connectivity index (χ1v) is 13.7. The molecular weight excluding hydrogens is 532 g/mol. The molecule has 0 aromatic heterocycles. The number of carboxylic acid groups (broad SMARTS) is 1. The first-order valence-electron chi connectivity index (χ1n) is 13.1. The molecule has 2 aliphatic heterocycles. The van der Waals surface area contributed by atoms with E-state index in [0.717, 1.165) is 0 Å². The highest BCUT2D eigenvalue weighted by Crippen LogP contribution is 2.25. The third-order valence-electron chi connectivity index (χ3n) is 6.96. The van der Waals surface area contributed by atoms with E-state index in [9.17, 15) is 39.0 Å². The lowest BCUT2D eigenvalue weighted by molar-refractivity contribution is -0.152. The molecule has 6 atom stereocenters. The Bertz CT molecular complexity index is 948. The van der Waals surface area contributed by atoms with Crippen LogP contribution in [0.1, 0.15) is 46.5 Å². The lowest BCUT2D eigenvalue weighted by Crippen LogP contribution is -2.58. The molecule has 0 aromatic rings. The molecule has 7 N–H and O–H groups in total. The summed E-state index contributed by atoms with van der Waals surface area (Å²) in [5.41, 5.74) is 5.78. The standard InChI is InChI=1S/C24H40N6O8S/c1-12(2)18(25)20(33)28-19(13(3)31)21(34)26-10-17(32)27-14(11-39)22(35)29-8-4-6-15(29)23(36)30-9-5-7-16(30)24(37)38/h12-16,18-19,31,39H,4-11,25H2,1-3H3,(H,26,34)(H,27,32)(H,28,33)(H,37,38)/t13-,14+,15+,16+,18+,19+/m1/s1. The van der Waals surface area contributed by atoms with Crippen LogP contribution in [0.3, 0.4) is 0 Å². The summed E-state index contributed by atoms with van der Waals surface area (Å²) < 4.78 is 0. The van der Waals surface area contributed by atoms with Gasteiger partial charge in [-0.2, -0.15) is 12.6 Å². The molecule has 0 aromatic carbocycles. The van der Waals surface area contributed by atoms with Gasteiger partial charge in [0, 0.05) is 18.8 Å². The first kappa shape index (κ1) is 32.3. The van der Waals surface area contributed by atoms with E-state index in [2.05, 4.69) is 28.6 Å². The number of aliphatic hydroxyl groups excluding tert-OH is 1. The van der Waals surface area contributed by atoms with E-state index in [4.69, 9.17) is 5.73 Å². The van der Waals surface area contributed by atoms with Crippen molar-refractivity contribution in [3.63, 3.8) is 0 Å². The molecule has 0 spiro atoms. The molecule has 0 saturated carbocycles. The van der Waals surface area contributed by atoms with E-state index in [1.54, 1.807) is 13.8 Å². The minimum absolute atomic E-state index is 0.0865. The number of hydrogen-bond donors (Lipinski definition) is 7. The normalized spacial score (nSPS) is 22.1. The number of rotatable bonds is 12. The number of aliphatic hydroxyl groups is 1. The van der Waals surface area contributed by atoms with Crippen LogP contribution in [-0.2, 0) is 28.8 Å². The highest BCUT2D eigenvalue weighted by atomic mass is 32.1. The quantitative estimate of drug-likeness (QED) is 0.122. The van der Waals surface area contributed by atoms with Crippen LogP contribution < -0.4 is 21.7 Å². The number of nitrogens with zero attached hydrogens (tertiary/aromatic N) is 2. The van der Waals surface area contributed by atoms with E-state index in [-0.39, 0.29) is 18.2 Å². The van der Waals surface area contributed by atoms with Gasteiger partial charge in [-0.05, 0) is 38.5 Å². The second kappa shape index (κ2) is 14.5. The Balaban J connectivity index is 1.97. The highest BCUT2D eigenvalue weighted by Gasteiger charge is 2.43. The van der Waals surface area contributed by atoms with E-state index < -0.39 is 78.4 Å². The summed E-state index contributed by atoms with van der Waals surface area (Å²) in [7, 11) is 0. The van der Waals surface area contributed by atoms with Gasteiger partial charge in [0.05, 0.1) is 18.7 Å². The van der Waals surface area contributed by atoms with Crippen LogP contribution in [0.5, 0.6) is 0 Å². The number of nitrogens with two attached hydrogens (primary N) is 1. The molecule has 39 heavy (non-hydrogen) atoms. The number of nitrogens with one attached hydrogen (secondary N) is 3. The van der Waals surface area contributed by atoms with Gasteiger partial charge in [0.15, 0.2) is 0 Å². The number of carboxylic acids is 1. The lowest BCUT2D eigenvalue weighted by atomic mass is 10.0. The van der Waals surface area contributed by atoms with Gasteiger partial charge in [0.1, 0.15) is 24.2 Å². The number of amides is 5. The van der Waals surface area contributed by atoms with Gasteiger partial charge in [0.2, 0.25) is 29.5 Å². The van der Waals surface area contributed by atoms with Crippen molar-refractivity contribution in [3.05, 3.63) is 0 Å². The van der Waals surface area contributed by atoms with E-state index in [0.29, 0.717) is 32.2 Å². The molecule has 220 valence electrons. The van der Waals surface area contributed by atoms with Crippen molar-refractivity contribution in [2.45, 2.75) is 82.8 Å². The molecule has 2 heterocycles. The molecule has 14 nitrogen and oxygen atoms in total. The van der Waals surface area contributed by atoms with Crippen LogP contribution in [0.15, 0.2) is 0 Å². The van der Waals surface area contributed by atoms with Crippen molar-refractivity contribution in [3.8, 4) is 0 Å². The second-order valence-electron chi connectivity index (χ2n) is 10.2. The maximum absolute atomic E-state index is 13.2. The Hall–Kier alpha value is -2.91. The summed E-state index contributed by atoms with van der Waals surface area (Å²) in [6.07, 6.45) is 0.568. The molecule has 5 amide bonds. The Morgan fingerprint density at radius 1 is 0.949 bits per heavy atom. The minimum atomic E-state index is -1.35.